The lowest BCUT2D eigenvalue weighted by Gasteiger charge is -2.18. The fourth-order valence-corrected chi connectivity index (χ4v) is 1.65. The van der Waals surface area contributed by atoms with Gasteiger partial charge in [-0.3, -0.25) is 0 Å². The Morgan fingerprint density at radius 3 is 2.55 bits per heavy atom. The second-order valence-corrected chi connectivity index (χ2v) is 4.06. The molecule has 0 spiro atoms. The lowest BCUT2D eigenvalue weighted by atomic mass is 10.0. The number of ether oxygens (including phenoxy) is 1. The average molecular weight is 312 g/mol. The summed E-state index contributed by atoms with van der Waals surface area (Å²) in [5, 5.41) is 22.1. The van der Waals surface area contributed by atoms with Crippen molar-refractivity contribution in [2.45, 2.75) is 18.6 Å². The molecule has 0 radical (unpaired) electrons. The highest BCUT2D eigenvalue weighted by atomic mass is 35.5. The predicted molar refractivity (Wildman–Crippen MR) is 63.1 cm³/mol. The molecule has 0 bridgehead atoms. The Morgan fingerprint density at radius 1 is 1.40 bits per heavy atom. The maximum atomic E-state index is 12.0. The van der Waals surface area contributed by atoms with Crippen LogP contribution in [0.5, 0.6) is 5.75 Å². The molecule has 0 heterocycles. The molecular weight excluding hydrogens is 303 g/mol. The largest absolute Gasteiger partial charge is 0.573 e. The Kier molecular flexibility index (Phi) is 5.46. The van der Waals surface area contributed by atoms with E-state index in [9.17, 15) is 23.4 Å². The zero-order valence-electron chi connectivity index (χ0n) is 9.75. The third-order valence-electron chi connectivity index (χ3n) is 2.22. The van der Waals surface area contributed by atoms with E-state index in [-0.39, 0.29) is 10.6 Å². The van der Waals surface area contributed by atoms with Crippen LogP contribution in [-0.2, 0) is 0 Å². The molecule has 2 N–H and O–H groups in total. The fraction of sp³-hybridized carbons (Fsp3) is 0.400. The maximum absolute atomic E-state index is 12.0. The van der Waals surface area contributed by atoms with E-state index in [0.717, 1.165) is 18.2 Å². The zero-order chi connectivity index (χ0) is 15.3. The number of azide groups is 1. The molecule has 0 aliphatic carbocycles. The van der Waals surface area contributed by atoms with Crippen molar-refractivity contribution in [3.63, 3.8) is 0 Å². The van der Waals surface area contributed by atoms with Gasteiger partial charge in [-0.15, -0.1) is 13.2 Å². The summed E-state index contributed by atoms with van der Waals surface area (Å²) >= 11 is 5.71. The molecule has 2 atom stereocenters. The molecule has 1 aromatic rings. The van der Waals surface area contributed by atoms with E-state index >= 15 is 0 Å². The molecule has 1 aromatic carbocycles. The van der Waals surface area contributed by atoms with Gasteiger partial charge in [0, 0.05) is 10.5 Å². The Bertz CT molecular complexity index is 520. The summed E-state index contributed by atoms with van der Waals surface area (Å²) in [6.07, 6.45) is -7.80. The van der Waals surface area contributed by atoms with E-state index in [1.807, 2.05) is 0 Å². The number of rotatable bonds is 5. The summed E-state index contributed by atoms with van der Waals surface area (Å²) in [7, 11) is 0. The molecule has 10 heteroatoms. The molecule has 6 nitrogen and oxygen atoms in total. The number of hydrogen-bond acceptors (Lipinski definition) is 4. The first kappa shape index (κ1) is 16.4. The van der Waals surface area contributed by atoms with E-state index in [1.165, 1.54) is 0 Å². The van der Waals surface area contributed by atoms with E-state index in [4.69, 9.17) is 17.1 Å². The van der Waals surface area contributed by atoms with Gasteiger partial charge in [0.15, 0.2) is 0 Å². The average Bonchev–Trinajstić information content (AvgIpc) is 2.33. The van der Waals surface area contributed by atoms with Crippen LogP contribution in [0.1, 0.15) is 11.7 Å². The molecule has 0 aliphatic rings. The Balaban J connectivity index is 2.89. The number of halogens is 4. The minimum Gasteiger partial charge on any atom is -0.406 e. The second-order valence-electron chi connectivity index (χ2n) is 3.66. The van der Waals surface area contributed by atoms with Crippen molar-refractivity contribution in [2.75, 3.05) is 6.54 Å². The van der Waals surface area contributed by atoms with Crippen molar-refractivity contribution in [3.05, 3.63) is 39.2 Å². The van der Waals surface area contributed by atoms with Crippen LogP contribution in [0.15, 0.2) is 23.3 Å². The number of aliphatic hydroxyl groups is 2. The van der Waals surface area contributed by atoms with Gasteiger partial charge in [-0.25, -0.2) is 0 Å². The van der Waals surface area contributed by atoms with Crippen LogP contribution < -0.4 is 4.74 Å². The van der Waals surface area contributed by atoms with Gasteiger partial charge in [-0.2, -0.15) is 0 Å². The number of hydrogen-bond donors (Lipinski definition) is 2. The van der Waals surface area contributed by atoms with Crippen molar-refractivity contribution in [3.8, 4) is 5.75 Å². The summed E-state index contributed by atoms with van der Waals surface area (Å²) in [6, 6.07) is 2.87. The molecule has 0 saturated heterocycles. The zero-order valence-corrected chi connectivity index (χ0v) is 10.5. The van der Waals surface area contributed by atoms with Crippen LogP contribution in [0.3, 0.4) is 0 Å². The number of aliphatic hydroxyl groups excluding tert-OH is 2. The topological polar surface area (TPSA) is 98.5 Å². The van der Waals surface area contributed by atoms with Crippen molar-refractivity contribution < 1.29 is 28.1 Å². The third kappa shape index (κ3) is 4.78. The fourth-order valence-electron chi connectivity index (χ4n) is 1.37. The van der Waals surface area contributed by atoms with Crippen LogP contribution in [-0.4, -0.2) is 29.2 Å². The smallest absolute Gasteiger partial charge is 0.406 e. The van der Waals surface area contributed by atoms with Crippen LogP contribution in [0.2, 0.25) is 5.02 Å². The highest BCUT2D eigenvalue weighted by molar-refractivity contribution is 6.31. The summed E-state index contributed by atoms with van der Waals surface area (Å²) in [6.45, 7) is -0.408. The van der Waals surface area contributed by atoms with Gasteiger partial charge in [0.25, 0.3) is 0 Å². The van der Waals surface area contributed by atoms with E-state index in [2.05, 4.69) is 14.8 Å². The van der Waals surface area contributed by atoms with Gasteiger partial charge < -0.3 is 14.9 Å². The first-order chi connectivity index (χ1) is 9.24. The number of nitrogens with zero attached hydrogens (tertiary/aromatic N) is 3. The van der Waals surface area contributed by atoms with E-state index in [0.29, 0.717) is 0 Å². The summed E-state index contributed by atoms with van der Waals surface area (Å²) < 4.78 is 39.6. The molecular formula is C10H9ClF3N3O3. The Morgan fingerprint density at radius 2 is 2.05 bits per heavy atom. The van der Waals surface area contributed by atoms with Crippen molar-refractivity contribution in [1.29, 1.82) is 0 Å². The molecule has 0 fully saturated rings. The highest BCUT2D eigenvalue weighted by Crippen LogP contribution is 2.31. The number of alkyl halides is 3. The summed E-state index contributed by atoms with van der Waals surface area (Å²) in [5.74, 6) is -0.553. The minimum atomic E-state index is -4.86. The van der Waals surface area contributed by atoms with E-state index < -0.39 is 30.9 Å². The molecule has 110 valence electrons. The standard InChI is InChI=1S/C10H9ClF3N3O3/c11-7-3-5(20-10(12,13)14)1-2-6(7)9(19)8(18)4-16-17-15/h1-3,8-9,18-19H,4H2. The quantitative estimate of drug-likeness (QED) is 0.497. The minimum absolute atomic E-state index is 0.0122. The van der Waals surface area contributed by atoms with Gasteiger partial charge in [0.05, 0.1) is 17.7 Å². The van der Waals surface area contributed by atoms with Crippen LogP contribution in [0.25, 0.3) is 10.4 Å². The Labute approximate surface area is 116 Å². The van der Waals surface area contributed by atoms with Gasteiger partial charge in [0.1, 0.15) is 11.9 Å². The predicted octanol–water partition coefficient (Wildman–Crippen LogP) is 2.94. The van der Waals surface area contributed by atoms with Gasteiger partial charge >= 0.3 is 6.36 Å². The molecule has 20 heavy (non-hydrogen) atoms. The maximum Gasteiger partial charge on any atom is 0.573 e. The molecule has 0 aliphatic heterocycles. The van der Waals surface area contributed by atoms with Gasteiger partial charge in [-0.1, -0.05) is 22.8 Å². The first-order valence-corrected chi connectivity index (χ1v) is 5.54. The van der Waals surface area contributed by atoms with Crippen LogP contribution in [0.4, 0.5) is 13.2 Å². The lowest BCUT2D eigenvalue weighted by Crippen LogP contribution is -2.21. The monoisotopic (exact) mass is 311 g/mol. The normalized spacial score (nSPS) is 14.3. The van der Waals surface area contributed by atoms with E-state index in [1.54, 1.807) is 0 Å². The Hall–Kier alpha value is -1.67. The summed E-state index contributed by atoms with van der Waals surface area (Å²) in [5.41, 5.74) is 8.07. The van der Waals surface area contributed by atoms with Gasteiger partial charge in [-0.05, 0) is 17.7 Å². The summed E-state index contributed by atoms with van der Waals surface area (Å²) in [4.78, 5) is 2.40. The SMILES string of the molecule is [N-]=[N+]=NCC(O)C(O)c1ccc(OC(F)(F)F)cc1Cl. The first-order valence-electron chi connectivity index (χ1n) is 5.17. The van der Waals surface area contributed by atoms with Crippen molar-refractivity contribution in [2.24, 2.45) is 5.11 Å². The molecule has 1 rings (SSSR count). The van der Waals surface area contributed by atoms with Crippen molar-refractivity contribution >= 4 is 11.6 Å². The molecule has 2 unspecified atom stereocenters. The van der Waals surface area contributed by atoms with Crippen LogP contribution >= 0.6 is 11.6 Å². The van der Waals surface area contributed by atoms with Crippen LogP contribution in [0, 0.1) is 0 Å². The van der Waals surface area contributed by atoms with Gasteiger partial charge in [0.2, 0.25) is 0 Å². The van der Waals surface area contributed by atoms with Crippen molar-refractivity contribution in [1.82, 2.24) is 0 Å². The third-order valence-corrected chi connectivity index (χ3v) is 2.55. The highest BCUT2D eigenvalue weighted by Gasteiger charge is 2.31. The molecule has 0 aromatic heterocycles. The second kappa shape index (κ2) is 6.67. The number of benzene rings is 1. The molecule has 0 amide bonds. The molecule has 0 saturated carbocycles. The lowest BCUT2D eigenvalue weighted by molar-refractivity contribution is -0.274.